The Morgan fingerprint density at radius 3 is 1.18 bits per heavy atom. The van der Waals surface area contributed by atoms with Crippen LogP contribution in [0.1, 0.15) is 155 Å². The number of unbranched alkanes of at least 4 members (excludes halogenated alkanes) is 3. The standard InChI is InChI=1S/C82H136FN29O21/c1-44(2)35-57(76(129)108-53(20-10-13-31-85)74(127)110-59(37-62(88)116)77(130)103-51(68(89)121)28-29-61(87)115)109-73(126)52(19-9-12-30-84)106-72(125)56(23-16-34-96-82(92)93)105-70(123)46(4)101-79(132)60(43-113)111-75(128)54(21-11-14-32-86)107-71(124)55(22-15-33-95-81(90)91)104-69(122)45(3)100-65(119)42-99-80(133)67(47(5)114)112-78(131)58(36-48-24-26-50(83)27-25-48)102-66(120)41-98-64(118)40-97-63(117)39-94-38-49-17-7-6-8-18-49/h6-8,17-18,24-27,44-47,51-60,67,94,113-114H,9-16,19-23,28-43,84-86H2,1-5H3,(H2,87,115)(H2,88,116)(H2,89,121)(H,97,117)(H,98,118)(H,99,133)(H,100,119)(H,101,132)(H,102,120)(H,103,130)(H,104,122)(H,105,123)(H,106,125)(H,107,124)(H,108,129)(H,109,126)(H,110,127)(H,111,128)(H,112,131)(H4,90,91,95)(H4,92,93,96)/t45-,46-,47+,51-,52-,53-,54-,55-,56-,57-,58-,59-,60-,67-/m0/s1. The summed E-state index contributed by atoms with van der Waals surface area (Å²) in [6.45, 7) is 4.29. The molecular formula is C82H136FN29O21. The Morgan fingerprint density at radius 1 is 0.361 bits per heavy atom. The highest BCUT2D eigenvalue weighted by Gasteiger charge is 2.38. The highest BCUT2D eigenvalue weighted by Crippen LogP contribution is 2.15. The van der Waals surface area contributed by atoms with Gasteiger partial charge >= 0.3 is 0 Å². The molecule has 0 aliphatic heterocycles. The van der Waals surface area contributed by atoms with Crippen LogP contribution in [0.25, 0.3) is 0 Å². The molecule has 39 N–H and O–H groups in total. The quantitative estimate of drug-likeness (QED) is 0.0166. The van der Waals surface area contributed by atoms with Gasteiger partial charge in [-0.15, -0.1) is 0 Å². The van der Waals surface area contributed by atoms with Crippen LogP contribution in [-0.2, 0) is 104 Å². The molecular weight excluding hydrogens is 1750 g/mol. The van der Waals surface area contributed by atoms with E-state index in [4.69, 9.17) is 56.7 Å². The van der Waals surface area contributed by atoms with Crippen molar-refractivity contribution in [1.82, 2.24) is 101 Å². The molecule has 2 rings (SSSR count). The predicted octanol–water partition coefficient (Wildman–Crippen LogP) is -11.2. The Morgan fingerprint density at radius 2 is 0.744 bits per heavy atom. The van der Waals surface area contributed by atoms with E-state index in [1.165, 1.54) is 26.0 Å². The highest BCUT2D eigenvalue weighted by molar-refractivity contribution is 6.01. The number of hydrogen-bond donors (Lipinski definition) is 31. The first-order chi connectivity index (χ1) is 62.9. The number of carbonyl (C=O) groups is 19. The second-order valence-electron chi connectivity index (χ2n) is 31.8. The van der Waals surface area contributed by atoms with E-state index in [9.17, 15) is 106 Å². The number of halogens is 1. The summed E-state index contributed by atoms with van der Waals surface area (Å²) in [5.41, 5.74) is 45.6. The maximum Gasteiger partial charge on any atom is 0.245 e. The van der Waals surface area contributed by atoms with Crippen LogP contribution in [0.4, 0.5) is 4.39 Å². The summed E-state index contributed by atoms with van der Waals surface area (Å²) in [5.74, 6) is -20.5. The zero-order valence-corrected chi connectivity index (χ0v) is 75.5. The van der Waals surface area contributed by atoms with Gasteiger partial charge in [0.05, 0.1) is 45.3 Å². The van der Waals surface area contributed by atoms with Gasteiger partial charge in [-0.2, -0.15) is 0 Å². The lowest BCUT2D eigenvalue weighted by atomic mass is 10.00. The van der Waals surface area contributed by atoms with Gasteiger partial charge in [0, 0.05) is 32.5 Å². The summed E-state index contributed by atoms with van der Waals surface area (Å²) in [6.07, 6.45) is -2.80. The molecule has 0 aliphatic carbocycles. The van der Waals surface area contributed by atoms with E-state index in [2.05, 4.69) is 101 Å². The molecule has 0 radical (unpaired) electrons. The van der Waals surface area contributed by atoms with E-state index in [0.29, 0.717) is 31.4 Å². The summed E-state index contributed by atoms with van der Waals surface area (Å²) in [6, 6.07) is -6.57. The first kappa shape index (κ1) is 116. The van der Waals surface area contributed by atoms with E-state index >= 15 is 0 Å². The molecule has 0 aromatic heterocycles. The Balaban J connectivity index is 2.35. The van der Waals surface area contributed by atoms with Gasteiger partial charge in [-0.1, -0.05) is 56.3 Å². The third kappa shape index (κ3) is 48.9. The van der Waals surface area contributed by atoms with Crippen molar-refractivity contribution in [2.45, 2.75) is 241 Å². The molecule has 19 amide bonds. The van der Waals surface area contributed by atoms with E-state index in [1.54, 1.807) is 13.8 Å². The van der Waals surface area contributed by atoms with Crippen LogP contribution in [0.15, 0.2) is 54.6 Å². The van der Waals surface area contributed by atoms with Gasteiger partial charge in [-0.3, -0.25) is 102 Å². The topological polar surface area (TPSA) is 849 Å². The molecule has 133 heavy (non-hydrogen) atoms. The number of carbonyl (C=O) groups excluding carboxylic acids is 19. The lowest BCUT2D eigenvalue weighted by molar-refractivity contribution is -0.136. The predicted molar refractivity (Wildman–Crippen MR) is 480 cm³/mol. The first-order valence-corrected chi connectivity index (χ1v) is 43.6. The summed E-state index contributed by atoms with van der Waals surface area (Å²) >= 11 is 0. The number of primary amides is 3. The Hall–Kier alpha value is -13.4. The molecule has 742 valence electrons. The summed E-state index contributed by atoms with van der Waals surface area (Å²) < 4.78 is 13.9. The number of nitrogens with two attached hydrogens (primary N) is 8. The first-order valence-electron chi connectivity index (χ1n) is 43.6. The Labute approximate surface area is 768 Å². The van der Waals surface area contributed by atoms with Crippen LogP contribution in [0.3, 0.4) is 0 Å². The van der Waals surface area contributed by atoms with Crippen LogP contribution in [0, 0.1) is 22.6 Å². The number of hydrogen-bond acceptors (Lipinski definition) is 27. The number of guanidine groups is 2. The minimum Gasteiger partial charge on any atom is -0.394 e. The van der Waals surface area contributed by atoms with Crippen molar-refractivity contribution in [2.24, 2.45) is 51.8 Å². The number of amides is 19. The number of aliphatic hydroxyl groups is 2. The normalized spacial score (nSPS) is 14.1. The van der Waals surface area contributed by atoms with Gasteiger partial charge in [-0.05, 0) is 166 Å². The number of aliphatic hydroxyl groups excluding tert-OH is 2. The Kier molecular flexibility index (Phi) is 55.3. The van der Waals surface area contributed by atoms with Crippen molar-refractivity contribution >= 4 is 124 Å². The van der Waals surface area contributed by atoms with Gasteiger partial charge in [0.2, 0.25) is 112 Å². The molecule has 2 aromatic carbocycles. The molecule has 0 saturated heterocycles. The van der Waals surface area contributed by atoms with E-state index in [1.807, 2.05) is 30.3 Å². The molecule has 0 fully saturated rings. The summed E-state index contributed by atoms with van der Waals surface area (Å²) in [7, 11) is 0. The summed E-state index contributed by atoms with van der Waals surface area (Å²) in [5, 5.41) is 83.4. The Bertz CT molecular complexity index is 4200. The largest absolute Gasteiger partial charge is 0.394 e. The van der Waals surface area contributed by atoms with Crippen molar-refractivity contribution in [3.63, 3.8) is 0 Å². The van der Waals surface area contributed by atoms with Crippen LogP contribution < -0.4 is 147 Å². The fourth-order valence-electron chi connectivity index (χ4n) is 12.6. The van der Waals surface area contributed by atoms with Crippen LogP contribution in [-0.4, -0.2) is 285 Å². The highest BCUT2D eigenvalue weighted by atomic mass is 19.1. The maximum atomic E-state index is 14.5. The van der Waals surface area contributed by atoms with Crippen molar-refractivity contribution in [3.8, 4) is 0 Å². The molecule has 2 aromatic rings. The molecule has 0 aliphatic rings. The third-order valence-electron chi connectivity index (χ3n) is 19.9. The number of rotatable bonds is 67. The lowest BCUT2D eigenvalue weighted by Gasteiger charge is -2.28. The average molecular weight is 1880 g/mol. The zero-order chi connectivity index (χ0) is 99.8. The maximum absolute atomic E-state index is 14.5. The van der Waals surface area contributed by atoms with Gasteiger partial charge < -0.3 is 157 Å². The minimum absolute atomic E-state index is 0.0219. The number of benzene rings is 2. The van der Waals surface area contributed by atoms with Gasteiger partial charge in [0.1, 0.15) is 84.4 Å². The van der Waals surface area contributed by atoms with E-state index in [0.717, 1.165) is 24.6 Å². The summed E-state index contributed by atoms with van der Waals surface area (Å²) in [4.78, 5) is 257. The fourth-order valence-corrected chi connectivity index (χ4v) is 12.6. The smallest absolute Gasteiger partial charge is 0.245 e. The fraction of sp³-hybridized carbons (Fsp3) is 0.598. The van der Waals surface area contributed by atoms with Crippen molar-refractivity contribution < 1.29 is 106 Å². The molecule has 14 atom stereocenters. The lowest BCUT2D eigenvalue weighted by Crippen LogP contribution is -2.61. The second-order valence-corrected chi connectivity index (χ2v) is 31.8. The van der Waals surface area contributed by atoms with Crippen molar-refractivity contribution in [3.05, 3.63) is 71.5 Å². The van der Waals surface area contributed by atoms with Crippen LogP contribution >= 0.6 is 0 Å². The van der Waals surface area contributed by atoms with Gasteiger partial charge in [0.25, 0.3) is 0 Å². The molecule has 0 unspecified atom stereocenters. The van der Waals surface area contributed by atoms with Crippen molar-refractivity contribution in [2.75, 3.05) is 65.5 Å². The van der Waals surface area contributed by atoms with Crippen LogP contribution in [0.2, 0.25) is 0 Å². The average Bonchev–Trinajstić information content (AvgIpc) is 0.858. The molecule has 0 saturated carbocycles. The third-order valence-corrected chi connectivity index (χ3v) is 19.9. The monoisotopic (exact) mass is 1880 g/mol. The molecule has 51 heteroatoms. The number of nitrogens with one attached hydrogen (secondary N) is 21. The minimum atomic E-state index is -1.86. The SMILES string of the molecule is CC(C)C[C@H](NC(=O)[C@H](CCCCN)NC(=O)[C@H](CCCNC(=N)N)NC(=O)[C@H](C)NC(=O)[C@H](CO)NC(=O)[C@H](CCCCN)NC(=O)[C@H](CCCNC(=N)N)NC(=O)[C@H](C)NC(=O)CNC(=O)[C@@H](NC(=O)[C@H](Cc1ccc(F)cc1)NC(=O)CNC(=O)CNC(=O)CNCc1ccccc1)[C@@H](C)O)C(=O)N[C@@H](CCCCN)C(=O)N[C@@H](CC(N)=O)C(=O)N[C@@H](CCC(N)=O)C(N)=O. The molecule has 0 bridgehead atoms. The van der Waals surface area contributed by atoms with Gasteiger partial charge in [0.15, 0.2) is 11.9 Å². The molecule has 50 nitrogen and oxygen atoms in total. The second kappa shape index (κ2) is 63.6. The molecule has 0 spiro atoms. The van der Waals surface area contributed by atoms with E-state index < -0.39 is 247 Å². The molecule has 0 heterocycles. The zero-order valence-electron chi connectivity index (χ0n) is 75.5. The van der Waals surface area contributed by atoms with E-state index in [-0.39, 0.29) is 135 Å². The van der Waals surface area contributed by atoms with Crippen molar-refractivity contribution in [1.29, 1.82) is 10.8 Å². The van der Waals surface area contributed by atoms with Gasteiger partial charge in [-0.25, -0.2) is 4.39 Å². The van der Waals surface area contributed by atoms with Crippen LogP contribution in [0.5, 0.6) is 0 Å².